The van der Waals surface area contributed by atoms with Gasteiger partial charge in [-0.05, 0) is 31.0 Å². The van der Waals surface area contributed by atoms with Gasteiger partial charge in [-0.15, -0.1) is 0 Å². The Morgan fingerprint density at radius 2 is 2.04 bits per heavy atom. The van der Waals surface area contributed by atoms with Crippen LogP contribution in [0.15, 0.2) is 41.0 Å². The molecule has 2 heterocycles. The number of hydrogen-bond donors (Lipinski definition) is 1. The quantitative estimate of drug-likeness (QED) is 0.450. The molecule has 27 heavy (non-hydrogen) atoms. The summed E-state index contributed by atoms with van der Waals surface area (Å²) in [6.07, 6.45) is 3.46. The van der Waals surface area contributed by atoms with E-state index in [0.29, 0.717) is 11.4 Å². The molecule has 3 rings (SSSR count). The zero-order valence-electron chi connectivity index (χ0n) is 14.6. The topological polar surface area (TPSA) is 115 Å². The van der Waals surface area contributed by atoms with Crippen LogP contribution in [-0.4, -0.2) is 36.5 Å². The largest absolute Gasteiger partial charge is 0.467 e. The van der Waals surface area contributed by atoms with E-state index in [9.17, 15) is 19.7 Å². The molecule has 0 atom stereocenters. The summed E-state index contributed by atoms with van der Waals surface area (Å²) >= 11 is 0. The Labute approximate surface area is 155 Å². The standard InChI is InChI=1S/C18H19N3O6/c22-17(19-11-14-4-3-9-26-14)12-27-18(23)15-10-13(21(24)25)5-6-16(15)20-7-1-2-8-20/h3-6,9-10H,1-2,7-8,11-12H2,(H,19,22). The predicted molar refractivity (Wildman–Crippen MR) is 95.4 cm³/mol. The van der Waals surface area contributed by atoms with Crippen molar-refractivity contribution < 1.29 is 23.7 Å². The third-order valence-corrected chi connectivity index (χ3v) is 4.23. The Morgan fingerprint density at radius 1 is 1.26 bits per heavy atom. The number of carbonyl (C=O) groups excluding carboxylic acids is 2. The highest BCUT2D eigenvalue weighted by Gasteiger charge is 2.24. The van der Waals surface area contributed by atoms with E-state index in [-0.39, 0.29) is 17.8 Å². The van der Waals surface area contributed by atoms with Gasteiger partial charge >= 0.3 is 5.97 Å². The van der Waals surface area contributed by atoms with Crippen LogP contribution in [0.3, 0.4) is 0 Å². The van der Waals surface area contributed by atoms with Crippen LogP contribution in [0.25, 0.3) is 0 Å². The Hall–Kier alpha value is -3.36. The zero-order chi connectivity index (χ0) is 19.2. The van der Waals surface area contributed by atoms with Gasteiger partial charge < -0.3 is 19.4 Å². The van der Waals surface area contributed by atoms with Gasteiger partial charge in [0.2, 0.25) is 0 Å². The average Bonchev–Trinajstić information content (AvgIpc) is 3.37. The van der Waals surface area contributed by atoms with Gasteiger partial charge in [0.25, 0.3) is 11.6 Å². The van der Waals surface area contributed by atoms with Gasteiger partial charge in [-0.1, -0.05) is 0 Å². The van der Waals surface area contributed by atoms with E-state index < -0.39 is 23.4 Å². The fourth-order valence-corrected chi connectivity index (χ4v) is 2.89. The molecule has 0 aliphatic carbocycles. The summed E-state index contributed by atoms with van der Waals surface area (Å²) in [6, 6.07) is 7.51. The first-order valence-electron chi connectivity index (χ1n) is 8.54. The fraction of sp³-hybridized carbons (Fsp3) is 0.333. The van der Waals surface area contributed by atoms with E-state index in [1.165, 1.54) is 18.4 Å². The molecule has 9 heteroatoms. The molecule has 142 valence electrons. The molecule has 0 radical (unpaired) electrons. The van der Waals surface area contributed by atoms with Crippen molar-refractivity contribution in [3.05, 3.63) is 58.0 Å². The van der Waals surface area contributed by atoms with Crippen LogP contribution in [0.5, 0.6) is 0 Å². The molecule has 1 aromatic heterocycles. The van der Waals surface area contributed by atoms with E-state index in [0.717, 1.165) is 25.9 Å². The molecular formula is C18H19N3O6. The second kappa shape index (κ2) is 8.35. The van der Waals surface area contributed by atoms with Crippen molar-refractivity contribution in [2.75, 3.05) is 24.6 Å². The van der Waals surface area contributed by atoms with E-state index in [1.807, 2.05) is 4.90 Å². The summed E-state index contributed by atoms with van der Waals surface area (Å²) in [5, 5.41) is 13.6. The number of ether oxygens (including phenoxy) is 1. The fourth-order valence-electron chi connectivity index (χ4n) is 2.89. The number of carbonyl (C=O) groups is 2. The molecule has 1 N–H and O–H groups in total. The molecule has 0 spiro atoms. The minimum atomic E-state index is -0.770. The predicted octanol–water partition coefficient (Wildman–Crippen LogP) is 2.26. The molecule has 0 bridgehead atoms. The van der Waals surface area contributed by atoms with Crippen molar-refractivity contribution >= 4 is 23.3 Å². The van der Waals surface area contributed by atoms with Crippen molar-refractivity contribution in [2.45, 2.75) is 19.4 Å². The molecular weight excluding hydrogens is 354 g/mol. The lowest BCUT2D eigenvalue weighted by atomic mass is 10.1. The third-order valence-electron chi connectivity index (χ3n) is 4.23. The van der Waals surface area contributed by atoms with Gasteiger partial charge in [0.1, 0.15) is 5.76 Å². The number of amides is 1. The van der Waals surface area contributed by atoms with Crippen LogP contribution >= 0.6 is 0 Å². The van der Waals surface area contributed by atoms with Gasteiger partial charge in [-0.3, -0.25) is 14.9 Å². The first kappa shape index (κ1) is 18.4. The van der Waals surface area contributed by atoms with Gasteiger partial charge in [-0.2, -0.15) is 0 Å². The molecule has 1 aromatic carbocycles. The van der Waals surface area contributed by atoms with Gasteiger partial charge in [0, 0.05) is 25.2 Å². The second-order valence-electron chi connectivity index (χ2n) is 6.08. The van der Waals surface area contributed by atoms with Crippen molar-refractivity contribution in [1.29, 1.82) is 0 Å². The van der Waals surface area contributed by atoms with Gasteiger partial charge in [0.15, 0.2) is 6.61 Å². The highest BCUT2D eigenvalue weighted by molar-refractivity contribution is 5.97. The summed E-state index contributed by atoms with van der Waals surface area (Å²) < 4.78 is 10.2. The number of rotatable bonds is 7. The highest BCUT2D eigenvalue weighted by atomic mass is 16.6. The molecule has 1 aliphatic rings. The van der Waals surface area contributed by atoms with Crippen LogP contribution in [0, 0.1) is 10.1 Å². The number of nitrogens with zero attached hydrogens (tertiary/aromatic N) is 2. The van der Waals surface area contributed by atoms with E-state index in [2.05, 4.69) is 5.32 Å². The van der Waals surface area contributed by atoms with Crippen LogP contribution in [0.4, 0.5) is 11.4 Å². The Morgan fingerprint density at radius 3 is 2.70 bits per heavy atom. The van der Waals surface area contributed by atoms with Gasteiger partial charge in [0.05, 0.1) is 29.0 Å². The van der Waals surface area contributed by atoms with Crippen molar-refractivity contribution in [2.24, 2.45) is 0 Å². The highest BCUT2D eigenvalue weighted by Crippen LogP contribution is 2.28. The maximum atomic E-state index is 12.5. The van der Waals surface area contributed by atoms with Crippen molar-refractivity contribution in [1.82, 2.24) is 5.32 Å². The Bertz CT molecular complexity index is 828. The molecule has 1 fully saturated rings. The number of nitro benzene ring substituents is 1. The van der Waals surface area contributed by atoms with Crippen molar-refractivity contribution in [3.8, 4) is 0 Å². The van der Waals surface area contributed by atoms with E-state index in [4.69, 9.17) is 9.15 Å². The minimum Gasteiger partial charge on any atom is -0.467 e. The third kappa shape index (κ3) is 4.63. The number of non-ortho nitro benzene ring substituents is 1. The molecule has 1 aliphatic heterocycles. The summed E-state index contributed by atoms with van der Waals surface area (Å²) in [6.45, 7) is 1.23. The number of furan rings is 1. The number of esters is 1. The molecule has 1 amide bonds. The summed E-state index contributed by atoms with van der Waals surface area (Å²) in [7, 11) is 0. The number of nitro groups is 1. The van der Waals surface area contributed by atoms with Gasteiger partial charge in [-0.25, -0.2) is 4.79 Å². The SMILES string of the molecule is O=C(COC(=O)c1cc([N+](=O)[O-])ccc1N1CCCC1)NCc1ccco1. The Kier molecular flexibility index (Phi) is 5.70. The smallest absolute Gasteiger partial charge is 0.341 e. The normalized spacial score (nSPS) is 13.4. The summed E-state index contributed by atoms with van der Waals surface area (Å²) in [5.74, 6) is -0.689. The minimum absolute atomic E-state index is 0.0879. The maximum Gasteiger partial charge on any atom is 0.341 e. The molecule has 1 saturated heterocycles. The second-order valence-corrected chi connectivity index (χ2v) is 6.08. The molecule has 0 unspecified atom stereocenters. The first-order valence-corrected chi connectivity index (χ1v) is 8.54. The average molecular weight is 373 g/mol. The van der Waals surface area contributed by atoms with Crippen LogP contribution in [0.2, 0.25) is 0 Å². The summed E-state index contributed by atoms with van der Waals surface area (Å²) in [5.41, 5.74) is 0.469. The molecule has 2 aromatic rings. The van der Waals surface area contributed by atoms with E-state index in [1.54, 1.807) is 18.2 Å². The number of hydrogen-bond acceptors (Lipinski definition) is 7. The van der Waals surface area contributed by atoms with Crippen LogP contribution < -0.4 is 10.2 Å². The lowest BCUT2D eigenvalue weighted by Gasteiger charge is -2.20. The maximum absolute atomic E-state index is 12.5. The van der Waals surface area contributed by atoms with Crippen LogP contribution in [-0.2, 0) is 16.1 Å². The number of nitrogens with one attached hydrogen (secondary N) is 1. The Balaban J connectivity index is 1.65. The van der Waals surface area contributed by atoms with Crippen molar-refractivity contribution in [3.63, 3.8) is 0 Å². The monoisotopic (exact) mass is 373 g/mol. The number of anilines is 1. The molecule has 0 saturated carbocycles. The molecule has 9 nitrogen and oxygen atoms in total. The zero-order valence-corrected chi connectivity index (χ0v) is 14.6. The first-order chi connectivity index (χ1) is 13.0. The van der Waals surface area contributed by atoms with Crippen LogP contribution in [0.1, 0.15) is 29.0 Å². The number of benzene rings is 1. The lowest BCUT2D eigenvalue weighted by Crippen LogP contribution is -2.29. The summed E-state index contributed by atoms with van der Waals surface area (Å²) in [4.78, 5) is 36.8. The lowest BCUT2D eigenvalue weighted by molar-refractivity contribution is -0.384. The van der Waals surface area contributed by atoms with E-state index >= 15 is 0 Å².